The third kappa shape index (κ3) is 1.55. The van der Waals surface area contributed by atoms with Crippen LogP contribution in [0.4, 0.5) is 5.69 Å². The number of hydrogen-bond donors (Lipinski definition) is 1. The molecule has 0 fully saturated rings. The summed E-state index contributed by atoms with van der Waals surface area (Å²) in [5, 5.41) is 10.8. The molecule has 0 aliphatic heterocycles. The number of hydrogen-bond acceptors (Lipinski definition) is 4. The Morgan fingerprint density at radius 3 is 2.93 bits per heavy atom. The third-order valence-electron chi connectivity index (χ3n) is 1.91. The smallest absolute Gasteiger partial charge is 0.332 e. The van der Waals surface area contributed by atoms with Gasteiger partial charge in [-0.2, -0.15) is 0 Å². The zero-order chi connectivity index (χ0) is 11.0. The highest BCUT2D eigenvalue weighted by Gasteiger charge is 2.14. The first-order valence-corrected chi connectivity index (χ1v) is 4.29. The summed E-state index contributed by atoms with van der Waals surface area (Å²) in [4.78, 5) is 27.7. The lowest BCUT2D eigenvalue weighted by molar-refractivity contribution is -0.386. The highest BCUT2D eigenvalue weighted by Crippen LogP contribution is 2.14. The normalized spacial score (nSPS) is 10.5. The summed E-state index contributed by atoms with van der Waals surface area (Å²) in [6.07, 6.45) is 2.39. The number of aromatic amines is 1. The average molecular weight is 226 g/mol. The molecule has 0 saturated carbocycles. The van der Waals surface area contributed by atoms with Crippen molar-refractivity contribution < 1.29 is 4.92 Å². The second kappa shape index (κ2) is 3.32. The predicted octanol–water partition coefficient (Wildman–Crippen LogP) is 1.48. The van der Waals surface area contributed by atoms with E-state index in [1.165, 1.54) is 12.3 Å². The van der Waals surface area contributed by atoms with Gasteiger partial charge in [-0.05, 0) is 6.07 Å². The summed E-state index contributed by atoms with van der Waals surface area (Å²) in [7, 11) is 0. The summed E-state index contributed by atoms with van der Waals surface area (Å²) in [5.41, 5.74) is -0.766. The van der Waals surface area contributed by atoms with Crippen molar-refractivity contribution in [1.29, 1.82) is 0 Å². The maximum Gasteiger partial charge on any atom is 0.332 e. The molecule has 76 valence electrons. The monoisotopic (exact) mass is 225 g/mol. The molecule has 0 radical (unpaired) electrons. The van der Waals surface area contributed by atoms with Crippen molar-refractivity contribution >= 4 is 28.2 Å². The zero-order valence-electron chi connectivity index (χ0n) is 7.23. The number of halogens is 1. The van der Waals surface area contributed by atoms with E-state index in [0.29, 0.717) is 5.52 Å². The van der Waals surface area contributed by atoms with Crippen LogP contribution in [0.15, 0.2) is 23.3 Å². The zero-order valence-corrected chi connectivity index (χ0v) is 7.99. The summed E-state index contributed by atoms with van der Waals surface area (Å²) in [5.74, 6) is 0. The van der Waals surface area contributed by atoms with E-state index in [2.05, 4.69) is 9.97 Å². The second-order valence-corrected chi connectivity index (χ2v) is 3.20. The molecular formula is C8H4ClN3O3. The molecular weight excluding hydrogens is 222 g/mol. The van der Waals surface area contributed by atoms with E-state index in [1.807, 2.05) is 0 Å². The van der Waals surface area contributed by atoms with Gasteiger partial charge in [-0.1, -0.05) is 11.6 Å². The van der Waals surface area contributed by atoms with Crippen molar-refractivity contribution in [2.75, 3.05) is 0 Å². The molecule has 2 heterocycles. The number of nitrogens with one attached hydrogen (secondary N) is 1. The molecule has 2 aromatic rings. The summed E-state index contributed by atoms with van der Waals surface area (Å²) in [6.45, 7) is 0. The first-order chi connectivity index (χ1) is 7.09. The number of nitro groups is 1. The first kappa shape index (κ1) is 9.60. The Kier molecular flexibility index (Phi) is 2.12. The van der Waals surface area contributed by atoms with Gasteiger partial charge in [-0.3, -0.25) is 14.9 Å². The number of H-pyrrole nitrogens is 1. The molecule has 15 heavy (non-hydrogen) atoms. The molecule has 0 amide bonds. The highest BCUT2D eigenvalue weighted by molar-refractivity contribution is 6.30. The molecule has 0 spiro atoms. The van der Waals surface area contributed by atoms with E-state index in [1.54, 1.807) is 0 Å². The fourth-order valence-corrected chi connectivity index (χ4v) is 1.38. The van der Waals surface area contributed by atoms with Crippen molar-refractivity contribution in [1.82, 2.24) is 9.97 Å². The van der Waals surface area contributed by atoms with E-state index >= 15 is 0 Å². The van der Waals surface area contributed by atoms with Gasteiger partial charge < -0.3 is 4.98 Å². The Balaban J connectivity index is 2.89. The topological polar surface area (TPSA) is 88.9 Å². The van der Waals surface area contributed by atoms with E-state index in [4.69, 9.17) is 11.6 Å². The van der Waals surface area contributed by atoms with Crippen LogP contribution in [-0.4, -0.2) is 14.9 Å². The van der Waals surface area contributed by atoms with Gasteiger partial charge in [0.05, 0.1) is 28.2 Å². The lowest BCUT2D eigenvalue weighted by Gasteiger charge is -1.97. The van der Waals surface area contributed by atoms with Gasteiger partial charge in [0.1, 0.15) is 5.15 Å². The maximum atomic E-state index is 11.6. The van der Waals surface area contributed by atoms with Gasteiger partial charge in [0.2, 0.25) is 0 Å². The van der Waals surface area contributed by atoms with Crippen LogP contribution in [0.3, 0.4) is 0 Å². The van der Waals surface area contributed by atoms with Crippen LogP contribution in [0, 0.1) is 10.1 Å². The van der Waals surface area contributed by atoms with Crippen molar-refractivity contribution in [2.45, 2.75) is 0 Å². The molecule has 6 nitrogen and oxygen atoms in total. The Hall–Kier alpha value is -1.95. The first-order valence-electron chi connectivity index (χ1n) is 3.91. The number of rotatable bonds is 1. The van der Waals surface area contributed by atoms with E-state index in [0.717, 1.165) is 6.20 Å². The molecule has 0 saturated heterocycles. The molecule has 2 rings (SSSR count). The quantitative estimate of drug-likeness (QED) is 0.452. The predicted molar refractivity (Wildman–Crippen MR) is 54.0 cm³/mol. The number of pyridine rings is 2. The fraction of sp³-hybridized carbons (Fsp3) is 0. The Morgan fingerprint density at radius 2 is 2.27 bits per heavy atom. The van der Waals surface area contributed by atoms with Crippen LogP contribution in [0.1, 0.15) is 0 Å². The van der Waals surface area contributed by atoms with Gasteiger partial charge in [0, 0.05) is 0 Å². The molecule has 0 aliphatic rings. The molecule has 0 aliphatic carbocycles. The highest BCUT2D eigenvalue weighted by atomic mass is 35.5. The second-order valence-electron chi connectivity index (χ2n) is 2.81. The largest absolute Gasteiger partial charge is 0.354 e. The lowest BCUT2D eigenvalue weighted by atomic mass is 10.2. The number of aromatic nitrogens is 2. The molecule has 0 atom stereocenters. The number of fused-ring (bicyclic) bond motifs is 1. The van der Waals surface area contributed by atoms with Crippen LogP contribution in [0.2, 0.25) is 5.15 Å². The van der Waals surface area contributed by atoms with Crippen LogP contribution < -0.4 is 5.43 Å². The summed E-state index contributed by atoms with van der Waals surface area (Å²) >= 11 is 5.59. The lowest BCUT2D eigenvalue weighted by Crippen LogP contribution is -2.09. The minimum atomic E-state index is -0.743. The average Bonchev–Trinajstić information content (AvgIpc) is 2.19. The van der Waals surface area contributed by atoms with Crippen molar-refractivity contribution in [2.24, 2.45) is 0 Å². The standard InChI is InChI=1S/C8H4ClN3O3/c9-7-1-4-5(2-11-7)10-3-6(8(4)13)12(14)15/h1-3H,(H,10,13). The van der Waals surface area contributed by atoms with Crippen molar-refractivity contribution in [3.05, 3.63) is 44.0 Å². The van der Waals surface area contributed by atoms with E-state index in [-0.39, 0.29) is 10.5 Å². The maximum absolute atomic E-state index is 11.6. The fourth-order valence-electron chi connectivity index (χ4n) is 1.22. The minimum absolute atomic E-state index is 0.119. The van der Waals surface area contributed by atoms with Crippen LogP contribution in [0.25, 0.3) is 10.9 Å². The van der Waals surface area contributed by atoms with Crippen LogP contribution >= 0.6 is 11.6 Å². The van der Waals surface area contributed by atoms with Gasteiger partial charge in [-0.15, -0.1) is 0 Å². The van der Waals surface area contributed by atoms with Crippen LogP contribution in [-0.2, 0) is 0 Å². The minimum Gasteiger partial charge on any atom is -0.354 e. The third-order valence-corrected chi connectivity index (χ3v) is 2.12. The van der Waals surface area contributed by atoms with Gasteiger partial charge >= 0.3 is 5.69 Å². The molecule has 1 N–H and O–H groups in total. The van der Waals surface area contributed by atoms with Gasteiger partial charge in [-0.25, -0.2) is 4.98 Å². The Morgan fingerprint density at radius 1 is 1.53 bits per heavy atom. The van der Waals surface area contributed by atoms with E-state index in [9.17, 15) is 14.9 Å². The summed E-state index contributed by atoms with van der Waals surface area (Å²) < 4.78 is 0. The number of nitrogens with zero attached hydrogens (tertiary/aromatic N) is 2. The van der Waals surface area contributed by atoms with Gasteiger partial charge in [0.25, 0.3) is 5.43 Å². The van der Waals surface area contributed by atoms with Crippen molar-refractivity contribution in [3.63, 3.8) is 0 Å². The SMILES string of the molecule is O=c1c([N+](=O)[O-])c[nH]c2cnc(Cl)cc12. The Labute approximate surface area is 87.7 Å². The molecule has 2 aromatic heterocycles. The molecule has 0 aromatic carbocycles. The van der Waals surface area contributed by atoms with Gasteiger partial charge in [0.15, 0.2) is 0 Å². The molecule has 0 bridgehead atoms. The van der Waals surface area contributed by atoms with Crippen molar-refractivity contribution in [3.8, 4) is 0 Å². The van der Waals surface area contributed by atoms with Crippen LogP contribution in [0.5, 0.6) is 0 Å². The summed E-state index contributed by atoms with van der Waals surface area (Å²) in [6, 6.07) is 1.29. The van der Waals surface area contributed by atoms with E-state index < -0.39 is 16.0 Å². The Bertz CT molecular complexity index is 608. The molecule has 0 unspecified atom stereocenters. The molecule has 7 heteroatoms.